The minimum absolute atomic E-state index is 0.0256. The lowest BCUT2D eigenvalue weighted by atomic mass is 10.1. The molecular weight excluding hydrogens is 290 g/mol. The number of rotatable bonds is 4. The maximum absolute atomic E-state index is 12.2. The number of nitrogens with zero attached hydrogens (tertiary/aromatic N) is 2. The Kier molecular flexibility index (Phi) is 5.11. The summed E-state index contributed by atoms with van der Waals surface area (Å²) >= 11 is 0. The Morgan fingerprint density at radius 2 is 1.78 bits per heavy atom. The molecule has 0 bridgehead atoms. The standard InChI is InChI=1S/C18H21N3O2/c1-12-9-13(2)17(14(3)10-12)20-16(22)11-21(4)18(23)15-7-5-6-8-19-15/h5-10H,11H2,1-4H3,(H,20,22). The Balaban J connectivity index is 2.04. The molecule has 5 nitrogen and oxygen atoms in total. The van der Waals surface area contributed by atoms with E-state index in [1.807, 2.05) is 32.9 Å². The first-order chi connectivity index (χ1) is 10.9. The Labute approximate surface area is 136 Å². The highest BCUT2D eigenvalue weighted by Crippen LogP contribution is 2.21. The molecule has 0 aliphatic heterocycles. The van der Waals surface area contributed by atoms with Crippen molar-refractivity contribution in [2.75, 3.05) is 18.9 Å². The van der Waals surface area contributed by atoms with Crippen LogP contribution in [-0.2, 0) is 4.79 Å². The van der Waals surface area contributed by atoms with Crippen LogP contribution >= 0.6 is 0 Å². The number of aromatic nitrogens is 1. The van der Waals surface area contributed by atoms with Crippen molar-refractivity contribution < 1.29 is 9.59 Å². The van der Waals surface area contributed by atoms with Crippen LogP contribution in [0.3, 0.4) is 0 Å². The molecule has 1 N–H and O–H groups in total. The molecule has 0 saturated heterocycles. The number of nitrogens with one attached hydrogen (secondary N) is 1. The highest BCUT2D eigenvalue weighted by molar-refractivity contribution is 5.98. The van der Waals surface area contributed by atoms with E-state index >= 15 is 0 Å². The van der Waals surface area contributed by atoms with Gasteiger partial charge in [0.05, 0.1) is 6.54 Å². The van der Waals surface area contributed by atoms with Crippen molar-refractivity contribution >= 4 is 17.5 Å². The van der Waals surface area contributed by atoms with Crippen LogP contribution in [0.5, 0.6) is 0 Å². The predicted octanol–water partition coefficient (Wildman–Crippen LogP) is 2.72. The number of pyridine rings is 1. The average Bonchev–Trinajstić information content (AvgIpc) is 2.51. The van der Waals surface area contributed by atoms with Crippen LogP contribution < -0.4 is 5.32 Å². The van der Waals surface area contributed by atoms with Crippen LogP contribution in [0.2, 0.25) is 0 Å². The van der Waals surface area contributed by atoms with Crippen LogP contribution in [0.25, 0.3) is 0 Å². The van der Waals surface area contributed by atoms with Gasteiger partial charge in [0.15, 0.2) is 0 Å². The second kappa shape index (κ2) is 7.05. The van der Waals surface area contributed by atoms with Crippen molar-refractivity contribution in [2.24, 2.45) is 0 Å². The molecule has 0 aliphatic carbocycles. The van der Waals surface area contributed by atoms with E-state index in [1.54, 1.807) is 31.4 Å². The summed E-state index contributed by atoms with van der Waals surface area (Å²) in [6, 6.07) is 9.15. The van der Waals surface area contributed by atoms with E-state index in [2.05, 4.69) is 10.3 Å². The highest BCUT2D eigenvalue weighted by atomic mass is 16.2. The fourth-order valence-electron chi connectivity index (χ4n) is 2.53. The largest absolute Gasteiger partial charge is 0.331 e. The fourth-order valence-corrected chi connectivity index (χ4v) is 2.53. The number of anilines is 1. The van der Waals surface area contributed by atoms with Gasteiger partial charge in [-0.3, -0.25) is 14.6 Å². The van der Waals surface area contributed by atoms with Crippen molar-refractivity contribution in [3.8, 4) is 0 Å². The molecule has 1 aromatic carbocycles. The van der Waals surface area contributed by atoms with E-state index in [-0.39, 0.29) is 18.4 Å². The van der Waals surface area contributed by atoms with Gasteiger partial charge in [0, 0.05) is 18.9 Å². The molecule has 0 aliphatic rings. The molecule has 2 aromatic rings. The molecule has 0 saturated carbocycles. The van der Waals surface area contributed by atoms with Gasteiger partial charge < -0.3 is 10.2 Å². The maximum atomic E-state index is 12.2. The number of likely N-dealkylation sites (N-methyl/N-ethyl adjacent to an activating group) is 1. The van der Waals surface area contributed by atoms with E-state index < -0.39 is 0 Å². The first-order valence-electron chi connectivity index (χ1n) is 7.42. The van der Waals surface area contributed by atoms with E-state index in [9.17, 15) is 9.59 Å². The Hall–Kier alpha value is -2.69. The van der Waals surface area contributed by atoms with Gasteiger partial charge in [-0.25, -0.2) is 0 Å². The minimum atomic E-state index is -0.280. The lowest BCUT2D eigenvalue weighted by Crippen LogP contribution is -2.35. The summed E-state index contributed by atoms with van der Waals surface area (Å²) in [5, 5.41) is 2.89. The van der Waals surface area contributed by atoms with Gasteiger partial charge in [-0.1, -0.05) is 23.8 Å². The Bertz CT molecular complexity index is 703. The summed E-state index contributed by atoms with van der Waals surface area (Å²) < 4.78 is 0. The second-order valence-corrected chi connectivity index (χ2v) is 5.70. The van der Waals surface area contributed by atoms with E-state index in [0.29, 0.717) is 5.69 Å². The van der Waals surface area contributed by atoms with Crippen LogP contribution in [0.15, 0.2) is 36.5 Å². The van der Waals surface area contributed by atoms with Gasteiger partial charge in [0.1, 0.15) is 5.69 Å². The maximum Gasteiger partial charge on any atom is 0.272 e. The summed E-state index contributed by atoms with van der Waals surface area (Å²) in [5.41, 5.74) is 4.30. The number of amides is 2. The first-order valence-corrected chi connectivity index (χ1v) is 7.42. The summed E-state index contributed by atoms with van der Waals surface area (Å²) in [7, 11) is 1.59. The Morgan fingerprint density at radius 3 is 2.35 bits per heavy atom. The van der Waals surface area contributed by atoms with Crippen molar-refractivity contribution in [2.45, 2.75) is 20.8 Å². The van der Waals surface area contributed by atoms with Crippen molar-refractivity contribution in [1.29, 1.82) is 0 Å². The summed E-state index contributed by atoms with van der Waals surface area (Å²) in [4.78, 5) is 29.8. The van der Waals surface area contributed by atoms with Crippen molar-refractivity contribution in [3.63, 3.8) is 0 Å². The summed E-state index contributed by atoms with van der Waals surface area (Å²) in [5.74, 6) is -0.509. The zero-order chi connectivity index (χ0) is 17.0. The Morgan fingerprint density at radius 1 is 1.13 bits per heavy atom. The molecular formula is C18H21N3O2. The SMILES string of the molecule is Cc1cc(C)c(NC(=O)CN(C)C(=O)c2ccccn2)c(C)c1. The van der Waals surface area contributed by atoms with Gasteiger partial charge in [0.25, 0.3) is 5.91 Å². The van der Waals surface area contributed by atoms with Gasteiger partial charge in [0.2, 0.25) is 5.91 Å². The first kappa shape index (κ1) is 16.7. The zero-order valence-corrected chi connectivity index (χ0v) is 13.9. The molecule has 0 atom stereocenters. The van der Waals surface area contributed by atoms with E-state index in [0.717, 1.165) is 22.4 Å². The van der Waals surface area contributed by atoms with Gasteiger partial charge in [-0.05, 0) is 44.0 Å². The number of hydrogen-bond donors (Lipinski definition) is 1. The molecule has 1 aromatic heterocycles. The molecule has 1 heterocycles. The van der Waals surface area contributed by atoms with Crippen LogP contribution in [-0.4, -0.2) is 35.3 Å². The quantitative estimate of drug-likeness (QED) is 0.944. The van der Waals surface area contributed by atoms with Crippen LogP contribution in [0, 0.1) is 20.8 Å². The molecule has 5 heteroatoms. The van der Waals surface area contributed by atoms with Gasteiger partial charge in [-0.2, -0.15) is 0 Å². The predicted molar refractivity (Wildman–Crippen MR) is 90.5 cm³/mol. The summed E-state index contributed by atoms with van der Waals surface area (Å²) in [6.45, 7) is 5.91. The van der Waals surface area contributed by atoms with E-state index in [1.165, 1.54) is 4.90 Å². The zero-order valence-electron chi connectivity index (χ0n) is 13.9. The molecule has 0 spiro atoms. The molecule has 120 valence electrons. The molecule has 0 fully saturated rings. The normalized spacial score (nSPS) is 10.3. The second-order valence-electron chi connectivity index (χ2n) is 5.70. The number of carbonyl (C=O) groups excluding carboxylic acids is 2. The number of carbonyl (C=O) groups is 2. The number of benzene rings is 1. The van der Waals surface area contributed by atoms with E-state index in [4.69, 9.17) is 0 Å². The fraction of sp³-hybridized carbons (Fsp3) is 0.278. The minimum Gasteiger partial charge on any atom is -0.331 e. The van der Waals surface area contributed by atoms with Crippen LogP contribution in [0.1, 0.15) is 27.2 Å². The van der Waals surface area contributed by atoms with Crippen LogP contribution in [0.4, 0.5) is 5.69 Å². The molecule has 0 radical (unpaired) electrons. The number of aryl methyl sites for hydroxylation is 3. The van der Waals surface area contributed by atoms with Crippen molar-refractivity contribution in [3.05, 3.63) is 58.9 Å². The third kappa shape index (κ3) is 4.16. The van der Waals surface area contributed by atoms with Crippen molar-refractivity contribution in [1.82, 2.24) is 9.88 Å². The smallest absolute Gasteiger partial charge is 0.272 e. The monoisotopic (exact) mass is 311 g/mol. The van der Waals surface area contributed by atoms with Gasteiger partial charge >= 0.3 is 0 Å². The average molecular weight is 311 g/mol. The lowest BCUT2D eigenvalue weighted by molar-refractivity contribution is -0.116. The number of hydrogen-bond acceptors (Lipinski definition) is 3. The molecule has 0 unspecified atom stereocenters. The molecule has 2 amide bonds. The highest BCUT2D eigenvalue weighted by Gasteiger charge is 2.16. The third-order valence-electron chi connectivity index (χ3n) is 3.55. The third-order valence-corrected chi connectivity index (χ3v) is 3.55. The molecule has 23 heavy (non-hydrogen) atoms. The topological polar surface area (TPSA) is 62.3 Å². The summed E-state index contributed by atoms with van der Waals surface area (Å²) in [6.07, 6.45) is 1.56. The van der Waals surface area contributed by atoms with Gasteiger partial charge in [-0.15, -0.1) is 0 Å². The molecule has 2 rings (SSSR count). The lowest BCUT2D eigenvalue weighted by Gasteiger charge is -2.18.